The summed E-state index contributed by atoms with van der Waals surface area (Å²) in [6, 6.07) is 5.43. The van der Waals surface area contributed by atoms with Gasteiger partial charge in [0.2, 0.25) is 0 Å². The molecule has 3 nitrogen and oxygen atoms in total. The minimum Gasteiger partial charge on any atom is -0.486 e. The molecular weight excluding hydrogens is 494 g/mol. The Hall–Kier alpha value is -1.52. The Bertz CT molecular complexity index is 1160. The van der Waals surface area contributed by atoms with Crippen LogP contribution in [-0.4, -0.2) is 37.6 Å². The van der Waals surface area contributed by atoms with Gasteiger partial charge in [0, 0.05) is 17.0 Å². The Balaban J connectivity index is 1.45. The van der Waals surface area contributed by atoms with E-state index in [1.165, 1.54) is 55.2 Å². The molecule has 1 aliphatic heterocycles. The number of benzene rings is 1. The molecule has 0 aromatic heterocycles. The third-order valence-electron chi connectivity index (χ3n) is 11.5. The number of fused-ring (bicyclic) bond motifs is 5. The van der Waals surface area contributed by atoms with Crippen LogP contribution in [0.3, 0.4) is 0 Å². The van der Waals surface area contributed by atoms with Crippen molar-refractivity contribution in [2.24, 2.45) is 17.8 Å². The van der Waals surface area contributed by atoms with Crippen molar-refractivity contribution in [1.29, 1.82) is 0 Å². The average molecular weight is 548 g/mol. The second-order valence-corrected chi connectivity index (χ2v) is 19.4. The van der Waals surface area contributed by atoms with Crippen molar-refractivity contribution in [2.45, 2.75) is 129 Å². The predicted molar refractivity (Wildman–Crippen MR) is 166 cm³/mol. The molecule has 2 fully saturated rings. The van der Waals surface area contributed by atoms with Gasteiger partial charge < -0.3 is 14.0 Å². The monoisotopic (exact) mass is 547 g/mol. The van der Waals surface area contributed by atoms with Crippen LogP contribution in [0.2, 0.25) is 18.6 Å². The molecule has 4 unspecified atom stereocenters. The molecule has 4 heteroatoms. The fourth-order valence-corrected chi connectivity index (χ4v) is 16.5. The second kappa shape index (κ2) is 9.79. The van der Waals surface area contributed by atoms with E-state index in [1.54, 1.807) is 5.57 Å². The highest BCUT2D eigenvalue weighted by Gasteiger charge is 2.56. The van der Waals surface area contributed by atoms with Gasteiger partial charge in [-0.3, -0.25) is 0 Å². The Labute approximate surface area is 239 Å². The van der Waals surface area contributed by atoms with E-state index in [4.69, 9.17) is 9.47 Å². The van der Waals surface area contributed by atoms with Crippen molar-refractivity contribution in [1.82, 2.24) is 4.57 Å². The lowest BCUT2D eigenvalue weighted by molar-refractivity contribution is 0.139. The maximum absolute atomic E-state index is 6.11. The largest absolute Gasteiger partial charge is 0.486 e. The highest BCUT2D eigenvalue weighted by molar-refractivity contribution is 6.76. The van der Waals surface area contributed by atoms with Gasteiger partial charge in [0.1, 0.15) is 21.4 Å². The van der Waals surface area contributed by atoms with Crippen LogP contribution in [0, 0.1) is 17.8 Å². The van der Waals surface area contributed by atoms with E-state index in [0.29, 0.717) is 25.0 Å². The van der Waals surface area contributed by atoms with Crippen LogP contribution in [0.25, 0.3) is 5.57 Å². The second-order valence-electron chi connectivity index (χ2n) is 15.0. The van der Waals surface area contributed by atoms with E-state index in [1.807, 2.05) is 0 Å². The summed E-state index contributed by atoms with van der Waals surface area (Å²) in [5.74, 6) is 3.95. The van der Waals surface area contributed by atoms with Crippen molar-refractivity contribution in [2.75, 3.05) is 13.2 Å². The van der Waals surface area contributed by atoms with Crippen molar-refractivity contribution in [3.63, 3.8) is 0 Å². The molecule has 4 atom stereocenters. The van der Waals surface area contributed by atoms with Crippen molar-refractivity contribution in [3.05, 3.63) is 41.0 Å². The summed E-state index contributed by atoms with van der Waals surface area (Å²) < 4.78 is 15.3. The third kappa shape index (κ3) is 4.21. The van der Waals surface area contributed by atoms with Crippen LogP contribution < -0.4 is 9.47 Å². The highest BCUT2D eigenvalue weighted by Crippen LogP contribution is 2.63. The van der Waals surface area contributed by atoms with Crippen LogP contribution in [0.15, 0.2) is 29.9 Å². The van der Waals surface area contributed by atoms with Gasteiger partial charge in [0.25, 0.3) is 0 Å². The molecule has 214 valence electrons. The Kier molecular flexibility index (Phi) is 6.94. The van der Waals surface area contributed by atoms with E-state index in [-0.39, 0.29) is 11.0 Å². The van der Waals surface area contributed by atoms with Gasteiger partial charge >= 0.3 is 0 Å². The molecule has 1 aromatic rings. The zero-order chi connectivity index (χ0) is 27.7. The fraction of sp³-hybridized carbons (Fsp3) is 0.714. The Morgan fingerprint density at radius 3 is 2.21 bits per heavy atom. The van der Waals surface area contributed by atoms with Gasteiger partial charge in [0.15, 0.2) is 11.5 Å². The molecule has 1 heterocycles. The van der Waals surface area contributed by atoms with E-state index in [0.717, 1.165) is 41.8 Å². The normalized spacial score (nSPS) is 30.0. The minimum absolute atomic E-state index is 0.0930. The topological polar surface area (TPSA) is 21.7 Å². The smallest absolute Gasteiger partial charge is 0.161 e. The lowest BCUT2D eigenvalue weighted by Crippen LogP contribution is -2.65. The van der Waals surface area contributed by atoms with Crippen molar-refractivity contribution >= 4 is 13.8 Å². The van der Waals surface area contributed by atoms with Crippen LogP contribution in [0.5, 0.6) is 11.5 Å². The molecule has 5 aliphatic rings. The zero-order valence-corrected chi connectivity index (χ0v) is 27.0. The summed E-state index contributed by atoms with van der Waals surface area (Å²) in [6.45, 7) is 21.6. The first-order valence-corrected chi connectivity index (χ1v) is 19.2. The summed E-state index contributed by atoms with van der Waals surface area (Å²) >= 11 is 0. The summed E-state index contributed by atoms with van der Waals surface area (Å²) in [7, 11) is -1.79. The van der Waals surface area contributed by atoms with Gasteiger partial charge in [0.05, 0.1) is 0 Å². The first-order chi connectivity index (χ1) is 18.5. The first-order valence-electron chi connectivity index (χ1n) is 16.2. The Morgan fingerprint density at radius 2 is 1.59 bits per heavy atom. The summed E-state index contributed by atoms with van der Waals surface area (Å²) in [5.41, 5.74) is 7.12. The maximum atomic E-state index is 6.11. The number of nitrogens with zero attached hydrogens (tertiary/aromatic N) is 1. The van der Waals surface area contributed by atoms with Gasteiger partial charge in [-0.1, -0.05) is 65.3 Å². The lowest BCUT2D eigenvalue weighted by Gasteiger charge is -2.56. The summed E-state index contributed by atoms with van der Waals surface area (Å²) in [6.07, 6.45) is 16.2. The molecule has 0 saturated heterocycles. The fourth-order valence-electron chi connectivity index (χ4n) is 10.4. The van der Waals surface area contributed by atoms with Gasteiger partial charge in [-0.15, -0.1) is 0 Å². The minimum atomic E-state index is -1.79. The number of hydrogen-bond donors (Lipinski definition) is 0. The SMILES string of the molecule is CCC1(CC)C2=CC3CC(C)C([Si](C)(C)N(C4CCCCC4)C(C)(C)C)C3C=C2c2cc3c(cc21)OCCO3. The number of ether oxygens (including phenoxy) is 2. The molecule has 39 heavy (non-hydrogen) atoms. The van der Waals surface area contributed by atoms with Gasteiger partial charge in [-0.05, 0) is 111 Å². The lowest BCUT2D eigenvalue weighted by atomic mass is 9.70. The molecule has 4 aliphatic carbocycles. The predicted octanol–water partition coefficient (Wildman–Crippen LogP) is 9.13. The van der Waals surface area contributed by atoms with Gasteiger partial charge in [-0.2, -0.15) is 0 Å². The number of rotatable bonds is 5. The Morgan fingerprint density at radius 1 is 0.949 bits per heavy atom. The van der Waals surface area contributed by atoms with E-state index in [9.17, 15) is 0 Å². The molecular formula is C35H53NO2Si. The molecule has 0 spiro atoms. The van der Waals surface area contributed by atoms with Crippen LogP contribution in [0.1, 0.15) is 104 Å². The number of allylic oxidation sites excluding steroid dienone is 4. The third-order valence-corrected chi connectivity index (χ3v) is 16.4. The van der Waals surface area contributed by atoms with Crippen molar-refractivity contribution < 1.29 is 9.47 Å². The van der Waals surface area contributed by atoms with Crippen LogP contribution >= 0.6 is 0 Å². The highest BCUT2D eigenvalue weighted by atomic mass is 28.3. The van der Waals surface area contributed by atoms with E-state index in [2.05, 4.69) is 83.5 Å². The van der Waals surface area contributed by atoms with Crippen LogP contribution in [0.4, 0.5) is 0 Å². The van der Waals surface area contributed by atoms with E-state index >= 15 is 0 Å². The summed E-state index contributed by atoms with van der Waals surface area (Å²) in [5, 5.41) is 0. The van der Waals surface area contributed by atoms with Crippen LogP contribution in [-0.2, 0) is 5.41 Å². The molecule has 0 amide bonds. The first kappa shape index (κ1) is 27.6. The molecule has 6 rings (SSSR count). The maximum Gasteiger partial charge on any atom is 0.161 e. The summed E-state index contributed by atoms with van der Waals surface area (Å²) in [4.78, 5) is 0. The molecule has 0 N–H and O–H groups in total. The molecule has 0 bridgehead atoms. The standard InChI is InChI=1S/C35H53NO2Si/c1-9-35(10-2)29-19-24-18-23(3)33(39(7,8)36(34(4,5)6)25-14-12-11-13-15-25)26(24)20-27(29)28-21-31-32(22-30(28)35)38-17-16-37-31/h19-26,33H,9-18H2,1-8H3. The molecule has 2 saturated carbocycles. The van der Waals surface area contributed by atoms with Gasteiger partial charge in [-0.25, -0.2) is 0 Å². The molecule has 0 radical (unpaired) electrons. The quantitative estimate of drug-likeness (QED) is 0.343. The zero-order valence-electron chi connectivity index (χ0n) is 26.0. The van der Waals surface area contributed by atoms with Crippen molar-refractivity contribution in [3.8, 4) is 11.5 Å². The molecule has 1 aromatic carbocycles. The average Bonchev–Trinajstić information content (AvgIpc) is 3.36. The number of hydrogen-bond acceptors (Lipinski definition) is 3. The van der Waals surface area contributed by atoms with E-state index < -0.39 is 8.24 Å².